The number of nitrogens with zero attached hydrogens (tertiary/aromatic N) is 1. The fraction of sp³-hybridized carbons (Fsp3) is 0.300. The standard InChI is InChI=1S/C20H20FNO2/c1-13-3-6-19(21)18(11-13)20(24)22-9-7-15-4-5-16(14(2)23)12-17(15)8-10-22/h3-6,11-12H,7-10H2,1-2H3. The molecule has 0 aliphatic carbocycles. The Morgan fingerprint density at radius 2 is 1.71 bits per heavy atom. The van der Waals surface area contributed by atoms with E-state index in [-0.39, 0.29) is 17.3 Å². The van der Waals surface area contributed by atoms with Gasteiger partial charge in [-0.05, 0) is 56.0 Å². The number of benzene rings is 2. The highest BCUT2D eigenvalue weighted by atomic mass is 19.1. The molecule has 0 radical (unpaired) electrons. The molecule has 124 valence electrons. The van der Waals surface area contributed by atoms with Gasteiger partial charge >= 0.3 is 0 Å². The van der Waals surface area contributed by atoms with Crippen molar-refractivity contribution in [2.75, 3.05) is 13.1 Å². The lowest BCUT2D eigenvalue weighted by Gasteiger charge is -2.20. The molecular formula is C20H20FNO2. The van der Waals surface area contributed by atoms with Crippen LogP contribution in [-0.4, -0.2) is 29.7 Å². The second kappa shape index (κ2) is 6.56. The number of aryl methyl sites for hydroxylation is 1. The van der Waals surface area contributed by atoms with Gasteiger partial charge in [-0.1, -0.05) is 23.8 Å². The minimum Gasteiger partial charge on any atom is -0.338 e. The van der Waals surface area contributed by atoms with E-state index in [1.807, 2.05) is 25.1 Å². The summed E-state index contributed by atoms with van der Waals surface area (Å²) >= 11 is 0. The highest BCUT2D eigenvalue weighted by molar-refractivity contribution is 5.95. The predicted molar refractivity (Wildman–Crippen MR) is 90.9 cm³/mol. The second-order valence-corrected chi connectivity index (χ2v) is 6.32. The molecule has 0 fully saturated rings. The van der Waals surface area contributed by atoms with Crippen molar-refractivity contribution in [1.29, 1.82) is 0 Å². The molecule has 24 heavy (non-hydrogen) atoms. The molecule has 1 aliphatic rings. The second-order valence-electron chi connectivity index (χ2n) is 6.32. The summed E-state index contributed by atoms with van der Waals surface area (Å²) in [5.41, 5.74) is 3.94. The fourth-order valence-corrected chi connectivity index (χ4v) is 3.12. The first-order valence-electron chi connectivity index (χ1n) is 8.14. The lowest BCUT2D eigenvalue weighted by atomic mass is 9.99. The van der Waals surface area contributed by atoms with Crippen molar-refractivity contribution in [3.8, 4) is 0 Å². The van der Waals surface area contributed by atoms with E-state index in [1.54, 1.807) is 24.0 Å². The van der Waals surface area contributed by atoms with E-state index >= 15 is 0 Å². The van der Waals surface area contributed by atoms with Crippen LogP contribution < -0.4 is 0 Å². The summed E-state index contributed by atoms with van der Waals surface area (Å²) in [6, 6.07) is 10.3. The molecule has 0 unspecified atom stereocenters. The van der Waals surface area contributed by atoms with Gasteiger partial charge in [-0.25, -0.2) is 4.39 Å². The van der Waals surface area contributed by atoms with Gasteiger partial charge in [0.1, 0.15) is 5.82 Å². The molecular weight excluding hydrogens is 305 g/mol. The van der Waals surface area contributed by atoms with E-state index in [0.29, 0.717) is 31.5 Å². The fourth-order valence-electron chi connectivity index (χ4n) is 3.12. The van der Waals surface area contributed by atoms with E-state index in [9.17, 15) is 14.0 Å². The summed E-state index contributed by atoms with van der Waals surface area (Å²) < 4.78 is 14.0. The maximum atomic E-state index is 14.0. The van der Waals surface area contributed by atoms with Crippen molar-refractivity contribution >= 4 is 11.7 Å². The van der Waals surface area contributed by atoms with Crippen LogP contribution in [0.3, 0.4) is 0 Å². The van der Waals surface area contributed by atoms with Crippen molar-refractivity contribution in [3.63, 3.8) is 0 Å². The average molecular weight is 325 g/mol. The first kappa shape index (κ1) is 16.4. The van der Waals surface area contributed by atoms with E-state index in [4.69, 9.17) is 0 Å². The number of carbonyl (C=O) groups is 2. The van der Waals surface area contributed by atoms with Gasteiger partial charge in [0.2, 0.25) is 0 Å². The van der Waals surface area contributed by atoms with Crippen molar-refractivity contribution in [3.05, 3.63) is 70.0 Å². The van der Waals surface area contributed by atoms with Crippen LogP contribution in [0.15, 0.2) is 36.4 Å². The molecule has 0 bridgehead atoms. The van der Waals surface area contributed by atoms with Gasteiger partial charge in [0.25, 0.3) is 5.91 Å². The number of hydrogen-bond acceptors (Lipinski definition) is 2. The number of Topliss-reactive ketones (excluding diaryl/α,β-unsaturated/α-hetero) is 1. The normalized spacial score (nSPS) is 14.0. The third kappa shape index (κ3) is 3.23. The van der Waals surface area contributed by atoms with Crippen molar-refractivity contribution in [2.24, 2.45) is 0 Å². The summed E-state index contributed by atoms with van der Waals surface area (Å²) in [5, 5.41) is 0. The molecule has 0 saturated carbocycles. The zero-order valence-corrected chi connectivity index (χ0v) is 13.9. The Bertz CT molecular complexity index is 813. The molecule has 0 atom stereocenters. The zero-order valence-electron chi connectivity index (χ0n) is 13.9. The minimum atomic E-state index is -0.480. The Balaban J connectivity index is 1.82. The van der Waals surface area contributed by atoms with E-state index in [1.165, 1.54) is 6.07 Å². The Morgan fingerprint density at radius 1 is 1.00 bits per heavy atom. The molecule has 0 spiro atoms. The van der Waals surface area contributed by atoms with Gasteiger partial charge in [-0.3, -0.25) is 9.59 Å². The lowest BCUT2D eigenvalue weighted by molar-refractivity contribution is 0.0758. The quantitative estimate of drug-likeness (QED) is 0.792. The molecule has 0 saturated heterocycles. The van der Waals surface area contributed by atoms with Crippen LogP contribution in [0.1, 0.15) is 44.3 Å². The van der Waals surface area contributed by atoms with Gasteiger partial charge in [0.05, 0.1) is 5.56 Å². The summed E-state index contributed by atoms with van der Waals surface area (Å²) in [6.45, 7) is 4.48. The van der Waals surface area contributed by atoms with Gasteiger partial charge in [-0.15, -0.1) is 0 Å². The third-order valence-electron chi connectivity index (χ3n) is 4.55. The SMILES string of the molecule is CC(=O)c1ccc2c(c1)CCN(C(=O)c1cc(C)ccc1F)CC2. The average Bonchev–Trinajstić information content (AvgIpc) is 2.78. The molecule has 1 aliphatic heterocycles. The van der Waals surface area contributed by atoms with E-state index in [2.05, 4.69) is 0 Å². The largest absolute Gasteiger partial charge is 0.338 e. The number of ketones is 1. The van der Waals surface area contributed by atoms with Crippen LogP contribution in [0.5, 0.6) is 0 Å². The Labute approximate surface area is 141 Å². The maximum absolute atomic E-state index is 14.0. The molecule has 4 heteroatoms. The number of hydrogen-bond donors (Lipinski definition) is 0. The van der Waals surface area contributed by atoms with Gasteiger partial charge < -0.3 is 4.90 Å². The van der Waals surface area contributed by atoms with Crippen LogP contribution in [0, 0.1) is 12.7 Å². The first-order chi connectivity index (χ1) is 11.5. The topological polar surface area (TPSA) is 37.4 Å². The number of rotatable bonds is 2. The molecule has 0 N–H and O–H groups in total. The Kier molecular flexibility index (Phi) is 4.47. The number of fused-ring (bicyclic) bond motifs is 1. The summed E-state index contributed by atoms with van der Waals surface area (Å²) in [5.74, 6) is -0.709. The number of halogens is 1. The zero-order chi connectivity index (χ0) is 17.3. The van der Waals surface area contributed by atoms with Crippen molar-refractivity contribution < 1.29 is 14.0 Å². The lowest BCUT2D eigenvalue weighted by Crippen LogP contribution is -2.33. The Hall–Kier alpha value is -2.49. The molecule has 2 aromatic carbocycles. The summed E-state index contributed by atoms with van der Waals surface area (Å²) in [6.07, 6.45) is 1.39. The molecule has 3 rings (SSSR count). The third-order valence-corrected chi connectivity index (χ3v) is 4.55. The van der Waals surface area contributed by atoms with Crippen molar-refractivity contribution in [1.82, 2.24) is 4.90 Å². The molecule has 0 aromatic heterocycles. The van der Waals surface area contributed by atoms with E-state index < -0.39 is 5.82 Å². The Morgan fingerprint density at radius 3 is 2.42 bits per heavy atom. The monoisotopic (exact) mass is 325 g/mol. The predicted octanol–water partition coefficient (Wildman–Crippen LogP) is 3.58. The van der Waals surface area contributed by atoms with E-state index in [0.717, 1.165) is 16.7 Å². The van der Waals surface area contributed by atoms with Crippen LogP contribution in [0.25, 0.3) is 0 Å². The highest BCUT2D eigenvalue weighted by Crippen LogP contribution is 2.20. The summed E-state index contributed by atoms with van der Waals surface area (Å²) in [4.78, 5) is 25.9. The van der Waals surface area contributed by atoms with Crippen LogP contribution in [0.2, 0.25) is 0 Å². The smallest absolute Gasteiger partial charge is 0.256 e. The first-order valence-corrected chi connectivity index (χ1v) is 8.14. The molecule has 1 heterocycles. The molecule has 3 nitrogen and oxygen atoms in total. The molecule has 2 aromatic rings. The van der Waals surface area contributed by atoms with Gasteiger partial charge in [0.15, 0.2) is 5.78 Å². The minimum absolute atomic E-state index is 0.0387. The van der Waals surface area contributed by atoms with Crippen LogP contribution in [-0.2, 0) is 12.8 Å². The van der Waals surface area contributed by atoms with Gasteiger partial charge in [-0.2, -0.15) is 0 Å². The molecule has 1 amide bonds. The van der Waals surface area contributed by atoms with Crippen LogP contribution in [0.4, 0.5) is 4.39 Å². The summed E-state index contributed by atoms with van der Waals surface area (Å²) in [7, 11) is 0. The van der Waals surface area contributed by atoms with Crippen molar-refractivity contribution in [2.45, 2.75) is 26.7 Å². The number of amides is 1. The number of carbonyl (C=O) groups excluding carboxylic acids is 2. The van der Waals surface area contributed by atoms with Gasteiger partial charge in [0, 0.05) is 18.7 Å². The highest BCUT2D eigenvalue weighted by Gasteiger charge is 2.22. The van der Waals surface area contributed by atoms with Crippen LogP contribution >= 0.6 is 0 Å². The maximum Gasteiger partial charge on any atom is 0.256 e.